The largest absolute Gasteiger partial charge is 0.293 e. The number of hydrogen-bond donors (Lipinski definition) is 0. The van der Waals surface area contributed by atoms with E-state index in [4.69, 9.17) is 23.2 Å². The molecule has 9 heteroatoms. The van der Waals surface area contributed by atoms with E-state index in [1.807, 2.05) is 36.4 Å². The van der Waals surface area contributed by atoms with Crippen LogP contribution in [0.4, 0.5) is 9.18 Å². The number of halogens is 3. The maximum absolute atomic E-state index is 14.0. The molecule has 0 saturated carbocycles. The normalized spacial score (nSPS) is 15.4. The highest BCUT2D eigenvalue weighted by atomic mass is 35.5. The Morgan fingerprint density at radius 1 is 1.03 bits per heavy atom. The van der Waals surface area contributed by atoms with Crippen molar-refractivity contribution < 1.29 is 14.0 Å². The fourth-order valence-electron chi connectivity index (χ4n) is 2.69. The van der Waals surface area contributed by atoms with Crippen LogP contribution in [0.15, 0.2) is 68.6 Å². The first-order chi connectivity index (χ1) is 14.4. The van der Waals surface area contributed by atoms with E-state index in [0.29, 0.717) is 9.93 Å². The molecule has 1 aromatic heterocycles. The molecule has 4 rings (SSSR count). The minimum atomic E-state index is -0.548. The fraction of sp³-hybridized carbons (Fsp3) is 0.0476. The number of hydrogen-bond acceptors (Lipinski definition) is 5. The van der Waals surface area contributed by atoms with E-state index < -0.39 is 17.0 Å². The van der Waals surface area contributed by atoms with E-state index in [2.05, 4.69) is 0 Å². The first-order valence-electron chi connectivity index (χ1n) is 8.62. The highest BCUT2D eigenvalue weighted by Crippen LogP contribution is 2.38. The van der Waals surface area contributed by atoms with Gasteiger partial charge in [0.1, 0.15) is 5.82 Å². The Balaban J connectivity index is 1.49. The fourth-order valence-corrected chi connectivity index (χ4v) is 6.01. The number of benzene rings is 2. The Labute approximate surface area is 194 Å². The number of rotatable bonds is 5. The third kappa shape index (κ3) is 4.76. The lowest BCUT2D eigenvalue weighted by Gasteiger charge is -2.14. The van der Waals surface area contributed by atoms with Gasteiger partial charge in [0.25, 0.3) is 11.1 Å². The summed E-state index contributed by atoms with van der Waals surface area (Å²) >= 11 is 15.9. The van der Waals surface area contributed by atoms with E-state index in [9.17, 15) is 14.0 Å². The third-order valence-electron chi connectivity index (χ3n) is 4.16. The minimum absolute atomic E-state index is 0.125. The van der Waals surface area contributed by atoms with E-state index in [1.54, 1.807) is 17.8 Å². The van der Waals surface area contributed by atoms with Gasteiger partial charge in [-0.15, -0.1) is 11.3 Å². The summed E-state index contributed by atoms with van der Waals surface area (Å²) < 4.78 is 15.1. The van der Waals surface area contributed by atoms with E-state index in [1.165, 1.54) is 29.5 Å². The van der Waals surface area contributed by atoms with Gasteiger partial charge in [-0.05, 0) is 66.4 Å². The zero-order valence-corrected chi connectivity index (χ0v) is 19.1. The topological polar surface area (TPSA) is 37.4 Å². The molecule has 0 bridgehead atoms. The number of amides is 2. The number of nitrogens with zero attached hydrogens (tertiary/aromatic N) is 1. The van der Waals surface area contributed by atoms with Gasteiger partial charge in [-0.25, -0.2) is 4.39 Å². The lowest BCUT2D eigenvalue weighted by Crippen LogP contribution is -2.28. The number of carbonyl (C=O) groups excluding carboxylic acids is 2. The van der Waals surface area contributed by atoms with Crippen LogP contribution in [0.5, 0.6) is 0 Å². The molecule has 2 heterocycles. The lowest BCUT2D eigenvalue weighted by molar-refractivity contribution is -0.123. The highest BCUT2D eigenvalue weighted by molar-refractivity contribution is 8.18. The van der Waals surface area contributed by atoms with Crippen LogP contribution in [-0.2, 0) is 11.3 Å². The highest BCUT2D eigenvalue weighted by Gasteiger charge is 2.36. The Morgan fingerprint density at radius 3 is 2.53 bits per heavy atom. The van der Waals surface area contributed by atoms with Crippen LogP contribution in [0.3, 0.4) is 0 Å². The summed E-state index contributed by atoms with van der Waals surface area (Å²) in [6, 6.07) is 15.6. The van der Waals surface area contributed by atoms with Crippen molar-refractivity contribution in [2.24, 2.45) is 0 Å². The molecule has 0 N–H and O–H groups in total. The lowest BCUT2D eigenvalue weighted by atomic mass is 10.2. The van der Waals surface area contributed by atoms with Crippen molar-refractivity contribution in [2.75, 3.05) is 0 Å². The second-order valence-corrected chi connectivity index (χ2v) is 10.5. The predicted octanol–water partition coefficient (Wildman–Crippen LogP) is 7.58. The van der Waals surface area contributed by atoms with Gasteiger partial charge < -0.3 is 0 Å². The van der Waals surface area contributed by atoms with Crippen LogP contribution in [0.1, 0.15) is 10.4 Å². The van der Waals surface area contributed by atoms with Crippen LogP contribution in [0, 0.1) is 5.82 Å². The average molecular weight is 496 g/mol. The predicted molar refractivity (Wildman–Crippen MR) is 123 cm³/mol. The molecule has 2 aromatic carbocycles. The molecule has 30 heavy (non-hydrogen) atoms. The summed E-state index contributed by atoms with van der Waals surface area (Å²) in [6.45, 7) is -0.199. The summed E-state index contributed by atoms with van der Waals surface area (Å²) in [5, 5.41) is 0.414. The molecule has 0 radical (unpaired) electrons. The van der Waals surface area contributed by atoms with E-state index in [0.717, 1.165) is 30.6 Å². The summed E-state index contributed by atoms with van der Waals surface area (Å²) in [7, 11) is 0. The summed E-state index contributed by atoms with van der Waals surface area (Å²) in [4.78, 5) is 28.3. The number of thioether (sulfide) groups is 1. The summed E-state index contributed by atoms with van der Waals surface area (Å²) in [5.41, 5.74) is 0.125. The van der Waals surface area contributed by atoms with Crippen molar-refractivity contribution in [3.05, 3.63) is 85.8 Å². The van der Waals surface area contributed by atoms with E-state index >= 15 is 0 Å². The summed E-state index contributed by atoms with van der Waals surface area (Å²) in [5.74, 6) is -1.00. The van der Waals surface area contributed by atoms with Crippen LogP contribution >= 0.6 is 58.1 Å². The molecule has 152 valence electrons. The van der Waals surface area contributed by atoms with Gasteiger partial charge in [0.2, 0.25) is 0 Å². The second-order valence-electron chi connectivity index (χ2n) is 6.18. The molecule has 0 unspecified atom stereocenters. The Kier molecular flexibility index (Phi) is 6.55. The van der Waals surface area contributed by atoms with Crippen LogP contribution in [-0.4, -0.2) is 16.0 Å². The summed E-state index contributed by atoms with van der Waals surface area (Å²) in [6.07, 6.45) is 1.68. The first kappa shape index (κ1) is 21.5. The van der Waals surface area contributed by atoms with Crippen LogP contribution in [0.2, 0.25) is 10.0 Å². The Morgan fingerprint density at radius 2 is 1.80 bits per heavy atom. The molecule has 1 saturated heterocycles. The molecule has 2 amide bonds. The second kappa shape index (κ2) is 9.16. The zero-order chi connectivity index (χ0) is 21.3. The van der Waals surface area contributed by atoms with Crippen molar-refractivity contribution >= 4 is 75.3 Å². The van der Waals surface area contributed by atoms with Crippen molar-refractivity contribution in [1.29, 1.82) is 0 Å². The smallest absolute Gasteiger partial charge is 0.268 e. The van der Waals surface area contributed by atoms with Gasteiger partial charge in [0, 0.05) is 25.4 Å². The van der Waals surface area contributed by atoms with Gasteiger partial charge in [-0.3, -0.25) is 14.5 Å². The number of thiophene rings is 1. The van der Waals surface area contributed by atoms with Crippen LogP contribution < -0.4 is 0 Å². The molecule has 0 spiro atoms. The molecule has 1 aliphatic rings. The van der Waals surface area contributed by atoms with Gasteiger partial charge >= 0.3 is 0 Å². The maximum Gasteiger partial charge on any atom is 0.293 e. The molecule has 1 fully saturated rings. The SMILES string of the molecule is O=C1SC(=Cc2ccc(Sc3ccc(Cl)cc3)s2)C(=O)N1Cc1c(F)cccc1Cl. The maximum atomic E-state index is 14.0. The Hall–Kier alpha value is -1.77. The average Bonchev–Trinajstić information content (AvgIpc) is 3.25. The minimum Gasteiger partial charge on any atom is -0.268 e. The van der Waals surface area contributed by atoms with Crippen molar-refractivity contribution in [3.63, 3.8) is 0 Å². The zero-order valence-electron chi connectivity index (χ0n) is 15.1. The Bertz CT molecular complexity index is 1140. The van der Waals surface area contributed by atoms with Crippen LogP contribution in [0.25, 0.3) is 6.08 Å². The molecule has 0 atom stereocenters. The van der Waals surface area contributed by atoms with Crippen molar-refractivity contribution in [3.8, 4) is 0 Å². The van der Waals surface area contributed by atoms with Crippen molar-refractivity contribution in [1.82, 2.24) is 4.90 Å². The third-order valence-corrected chi connectivity index (χ3v) is 7.84. The molecule has 3 aromatic rings. The molecule has 1 aliphatic heterocycles. The molecule has 3 nitrogen and oxygen atoms in total. The van der Waals surface area contributed by atoms with Gasteiger partial charge in [-0.2, -0.15) is 0 Å². The first-order valence-corrected chi connectivity index (χ1v) is 11.8. The molecule has 0 aliphatic carbocycles. The monoisotopic (exact) mass is 495 g/mol. The quantitative estimate of drug-likeness (QED) is 0.341. The molecular formula is C21H12Cl2FNO2S3. The van der Waals surface area contributed by atoms with Crippen molar-refractivity contribution in [2.45, 2.75) is 15.6 Å². The number of imide groups is 1. The molecular weight excluding hydrogens is 484 g/mol. The van der Waals surface area contributed by atoms with E-state index in [-0.39, 0.29) is 17.1 Å². The van der Waals surface area contributed by atoms with Gasteiger partial charge in [-0.1, -0.05) is 41.0 Å². The van der Waals surface area contributed by atoms with Gasteiger partial charge in [0.05, 0.1) is 15.7 Å². The van der Waals surface area contributed by atoms with Gasteiger partial charge in [0.15, 0.2) is 0 Å². The standard InChI is InChI=1S/C21H12Cl2FNO2S3/c22-12-4-6-13(7-5-12)28-19-9-8-14(29-19)10-18-20(26)25(21(27)30-18)11-15-16(23)2-1-3-17(15)24/h1-10H,11H2. The number of carbonyl (C=O) groups is 2.